The number of hydrogen-bond donors (Lipinski definition) is 1. The van der Waals surface area contributed by atoms with Crippen molar-refractivity contribution in [1.82, 2.24) is 0 Å². The molecule has 1 aliphatic rings. The molecule has 0 saturated heterocycles. The first-order valence-electron chi connectivity index (χ1n) is 7.50. The number of rotatable bonds is 3. The molecule has 1 aromatic carbocycles. The van der Waals surface area contributed by atoms with Crippen LogP contribution in [0.5, 0.6) is 5.75 Å². The van der Waals surface area contributed by atoms with Crippen LogP contribution in [0, 0.1) is 5.41 Å². The van der Waals surface area contributed by atoms with E-state index in [9.17, 15) is 13.2 Å². The van der Waals surface area contributed by atoms with Gasteiger partial charge < -0.3 is 10.1 Å². The van der Waals surface area contributed by atoms with Gasteiger partial charge in [-0.25, -0.2) is 0 Å². The summed E-state index contributed by atoms with van der Waals surface area (Å²) in [5.41, 5.74) is -1.15. The van der Waals surface area contributed by atoms with Crippen molar-refractivity contribution in [2.24, 2.45) is 5.41 Å². The van der Waals surface area contributed by atoms with Crippen molar-refractivity contribution >= 4 is 23.4 Å². The fraction of sp³-hybridized carbons (Fsp3) is 0.529. The Morgan fingerprint density at radius 3 is 2.39 bits per heavy atom. The van der Waals surface area contributed by atoms with Gasteiger partial charge in [0.05, 0.1) is 10.7 Å². The van der Waals surface area contributed by atoms with E-state index in [-0.39, 0.29) is 17.6 Å². The summed E-state index contributed by atoms with van der Waals surface area (Å²) in [4.78, 5) is 0. The lowest BCUT2D eigenvalue weighted by molar-refractivity contribution is -0.230. The Balaban J connectivity index is 2.35. The van der Waals surface area contributed by atoms with E-state index >= 15 is 0 Å². The molecule has 1 N–H and O–H groups in total. The van der Waals surface area contributed by atoms with Gasteiger partial charge >= 0.3 is 6.18 Å². The summed E-state index contributed by atoms with van der Waals surface area (Å²) in [6, 6.07) is 3.16. The Morgan fingerprint density at radius 1 is 1.22 bits per heavy atom. The van der Waals surface area contributed by atoms with Crippen molar-refractivity contribution in [2.45, 2.75) is 45.9 Å². The van der Waals surface area contributed by atoms with Crippen molar-refractivity contribution in [3.63, 3.8) is 0 Å². The predicted octanol–water partition coefficient (Wildman–Crippen LogP) is 5.91. The number of alkyl halides is 3. The van der Waals surface area contributed by atoms with Gasteiger partial charge in [0.15, 0.2) is 0 Å². The summed E-state index contributed by atoms with van der Waals surface area (Å²) >= 11 is 6.21. The van der Waals surface area contributed by atoms with E-state index < -0.39 is 11.8 Å². The molecule has 0 radical (unpaired) electrons. The summed E-state index contributed by atoms with van der Waals surface area (Å²) in [6.45, 7) is 8.25. The quantitative estimate of drug-likeness (QED) is 0.733. The van der Waals surface area contributed by atoms with Gasteiger partial charge in [-0.15, -0.1) is 0 Å². The number of benzene rings is 1. The smallest absolute Gasteiger partial charge is 0.432 e. The molecule has 0 aliphatic carbocycles. The summed E-state index contributed by atoms with van der Waals surface area (Å²) in [7, 11) is 0. The topological polar surface area (TPSA) is 21.3 Å². The van der Waals surface area contributed by atoms with Gasteiger partial charge in [-0.1, -0.05) is 45.4 Å². The molecule has 2 rings (SSSR count). The van der Waals surface area contributed by atoms with Gasteiger partial charge in [0.1, 0.15) is 5.75 Å². The Kier molecular flexibility index (Phi) is 4.64. The molecule has 6 heteroatoms. The van der Waals surface area contributed by atoms with Crippen molar-refractivity contribution in [2.75, 3.05) is 11.9 Å². The molecule has 1 aromatic rings. The molecule has 1 atom stereocenters. The SMILES string of the molecule is CCC1(C(F)(F)F)C=Cc2cc(Cl)c(NCC(C)(C)C)cc2O1. The van der Waals surface area contributed by atoms with Crippen LogP contribution in [-0.2, 0) is 0 Å². The van der Waals surface area contributed by atoms with Crippen molar-refractivity contribution < 1.29 is 17.9 Å². The molecule has 2 nitrogen and oxygen atoms in total. The average Bonchev–Trinajstić information content (AvgIpc) is 2.42. The molecule has 128 valence electrons. The molecule has 0 amide bonds. The van der Waals surface area contributed by atoms with E-state index in [4.69, 9.17) is 16.3 Å². The van der Waals surface area contributed by atoms with E-state index in [1.807, 2.05) is 0 Å². The first kappa shape index (κ1) is 18.0. The second-order valence-corrected chi connectivity index (χ2v) is 7.37. The minimum absolute atomic E-state index is 0.0130. The zero-order chi connectivity index (χ0) is 17.5. The van der Waals surface area contributed by atoms with Crippen LogP contribution in [0.3, 0.4) is 0 Å². The average molecular weight is 348 g/mol. The van der Waals surface area contributed by atoms with E-state index in [0.717, 1.165) is 6.08 Å². The summed E-state index contributed by atoms with van der Waals surface area (Å²) in [5.74, 6) is 0.187. The fourth-order valence-corrected chi connectivity index (χ4v) is 2.52. The number of anilines is 1. The van der Waals surface area contributed by atoms with Crippen molar-refractivity contribution in [3.05, 3.63) is 28.8 Å². The third-order valence-corrected chi connectivity index (χ3v) is 4.05. The van der Waals surface area contributed by atoms with Gasteiger partial charge in [-0.05, 0) is 24.0 Å². The molecule has 0 saturated carbocycles. The molecule has 1 aliphatic heterocycles. The molecule has 0 fully saturated rings. The van der Waals surface area contributed by atoms with E-state index in [2.05, 4.69) is 26.1 Å². The van der Waals surface area contributed by atoms with Gasteiger partial charge in [0.2, 0.25) is 5.60 Å². The molecular weight excluding hydrogens is 327 g/mol. The Bertz CT molecular complexity index is 619. The lowest BCUT2D eigenvalue weighted by Gasteiger charge is -2.36. The third kappa shape index (κ3) is 3.77. The van der Waals surface area contributed by atoms with Crippen LogP contribution in [0.15, 0.2) is 18.2 Å². The largest absolute Gasteiger partial charge is 0.473 e. The second-order valence-electron chi connectivity index (χ2n) is 6.96. The highest BCUT2D eigenvalue weighted by molar-refractivity contribution is 6.33. The van der Waals surface area contributed by atoms with E-state index in [0.29, 0.717) is 22.8 Å². The Morgan fingerprint density at radius 2 is 1.87 bits per heavy atom. The number of fused-ring (bicyclic) bond motifs is 1. The molecule has 0 aromatic heterocycles. The highest BCUT2D eigenvalue weighted by Crippen LogP contribution is 2.45. The first-order chi connectivity index (χ1) is 10.5. The Labute approximate surface area is 139 Å². The van der Waals surface area contributed by atoms with Crippen molar-refractivity contribution in [1.29, 1.82) is 0 Å². The summed E-state index contributed by atoms with van der Waals surface area (Å²) in [5, 5.41) is 3.63. The van der Waals surface area contributed by atoms with Crippen LogP contribution in [-0.4, -0.2) is 18.3 Å². The number of hydrogen-bond acceptors (Lipinski definition) is 2. The van der Waals surface area contributed by atoms with Crippen LogP contribution < -0.4 is 10.1 Å². The second kappa shape index (κ2) is 5.93. The van der Waals surface area contributed by atoms with Crippen LogP contribution in [0.25, 0.3) is 6.08 Å². The van der Waals surface area contributed by atoms with Crippen LogP contribution >= 0.6 is 11.6 Å². The van der Waals surface area contributed by atoms with Crippen LogP contribution in [0.4, 0.5) is 18.9 Å². The molecule has 0 bridgehead atoms. The fourth-order valence-electron chi connectivity index (χ4n) is 2.28. The monoisotopic (exact) mass is 347 g/mol. The number of nitrogens with one attached hydrogen (secondary N) is 1. The van der Waals surface area contributed by atoms with E-state index in [1.165, 1.54) is 13.0 Å². The number of ether oxygens (including phenoxy) is 1. The zero-order valence-electron chi connectivity index (χ0n) is 13.6. The maximum Gasteiger partial charge on any atom is 0.432 e. The van der Waals surface area contributed by atoms with Crippen LogP contribution in [0.2, 0.25) is 5.02 Å². The summed E-state index contributed by atoms with van der Waals surface area (Å²) in [6.07, 6.45) is -2.18. The van der Waals surface area contributed by atoms with Crippen LogP contribution in [0.1, 0.15) is 39.7 Å². The lowest BCUT2D eigenvalue weighted by Crippen LogP contribution is -2.49. The maximum atomic E-state index is 13.4. The van der Waals surface area contributed by atoms with Gasteiger partial charge in [0, 0.05) is 18.2 Å². The maximum absolute atomic E-state index is 13.4. The third-order valence-electron chi connectivity index (χ3n) is 3.74. The molecule has 1 heterocycles. The zero-order valence-corrected chi connectivity index (χ0v) is 14.4. The van der Waals surface area contributed by atoms with Crippen molar-refractivity contribution in [3.8, 4) is 5.75 Å². The molecular formula is C17H21ClF3NO. The predicted molar refractivity (Wildman–Crippen MR) is 88.1 cm³/mol. The minimum atomic E-state index is -4.48. The summed E-state index contributed by atoms with van der Waals surface area (Å²) < 4.78 is 45.4. The highest BCUT2D eigenvalue weighted by atomic mass is 35.5. The molecule has 1 unspecified atom stereocenters. The van der Waals surface area contributed by atoms with E-state index in [1.54, 1.807) is 12.1 Å². The molecule has 23 heavy (non-hydrogen) atoms. The first-order valence-corrected chi connectivity index (χ1v) is 7.88. The highest BCUT2D eigenvalue weighted by Gasteiger charge is 2.55. The molecule has 0 spiro atoms. The van der Waals surface area contributed by atoms with Gasteiger partial charge in [-0.2, -0.15) is 13.2 Å². The normalized spacial score (nSPS) is 20.9. The Hall–Kier alpha value is -1.36. The van der Waals surface area contributed by atoms with Gasteiger partial charge in [-0.3, -0.25) is 0 Å². The number of halogens is 4. The van der Waals surface area contributed by atoms with Gasteiger partial charge in [0.25, 0.3) is 0 Å². The lowest BCUT2D eigenvalue weighted by atomic mass is 9.94. The standard InChI is InChI=1S/C17H21ClF3NO/c1-5-16(17(19,20)21)7-6-11-8-12(18)13(9-14(11)23-16)22-10-15(2,3)4/h6-9,22H,5,10H2,1-4H3. The minimum Gasteiger partial charge on any atom is -0.473 e.